The van der Waals surface area contributed by atoms with Gasteiger partial charge < -0.3 is 4.74 Å². The normalized spacial score (nSPS) is 10.8. The van der Waals surface area contributed by atoms with E-state index in [-0.39, 0.29) is 33.3 Å². The number of non-ortho nitro benzene ring substituents is 1. The molecule has 1 aromatic carbocycles. The van der Waals surface area contributed by atoms with E-state index in [1.807, 2.05) is 0 Å². The Balaban J connectivity index is 2.08. The summed E-state index contributed by atoms with van der Waals surface area (Å²) < 4.78 is 6.84. The molecule has 106 valence electrons. The number of rotatable bonds is 3. The number of nitro benzene ring substituents is 1. The highest BCUT2D eigenvalue weighted by Gasteiger charge is 2.14. The first kappa shape index (κ1) is 13.5. The van der Waals surface area contributed by atoms with Gasteiger partial charge in [-0.1, -0.05) is 23.2 Å². The minimum atomic E-state index is -0.548. The van der Waals surface area contributed by atoms with Crippen LogP contribution >= 0.6 is 23.2 Å². The molecule has 0 aliphatic carbocycles. The van der Waals surface area contributed by atoms with Crippen molar-refractivity contribution < 1.29 is 9.66 Å². The van der Waals surface area contributed by atoms with Crippen molar-refractivity contribution in [1.29, 1.82) is 0 Å². The van der Waals surface area contributed by atoms with Crippen molar-refractivity contribution in [2.75, 3.05) is 0 Å². The Labute approximate surface area is 127 Å². The van der Waals surface area contributed by atoms with Crippen LogP contribution in [0.2, 0.25) is 10.2 Å². The lowest BCUT2D eigenvalue weighted by atomic mass is 10.3. The fraction of sp³-hybridized carbons (Fsp3) is 0. The van der Waals surface area contributed by atoms with Gasteiger partial charge in [0.15, 0.2) is 5.75 Å². The van der Waals surface area contributed by atoms with Gasteiger partial charge in [0, 0.05) is 12.1 Å². The molecule has 3 rings (SSSR count). The van der Waals surface area contributed by atoms with Crippen LogP contribution in [0.1, 0.15) is 0 Å². The molecule has 0 amide bonds. The average Bonchev–Trinajstić information content (AvgIpc) is 2.89. The molecular weight excluding hydrogens is 321 g/mol. The van der Waals surface area contributed by atoms with Crippen molar-refractivity contribution in [2.24, 2.45) is 0 Å². The summed E-state index contributed by atoms with van der Waals surface area (Å²) in [6.07, 6.45) is 1.28. The number of ether oxygens (including phenoxy) is 1. The van der Waals surface area contributed by atoms with E-state index < -0.39 is 4.92 Å². The Morgan fingerprint density at radius 1 is 1.29 bits per heavy atom. The van der Waals surface area contributed by atoms with Gasteiger partial charge in [0.05, 0.1) is 16.0 Å². The van der Waals surface area contributed by atoms with Gasteiger partial charge >= 0.3 is 0 Å². The van der Waals surface area contributed by atoms with E-state index in [2.05, 4.69) is 15.1 Å². The molecule has 0 saturated heterocycles. The number of nitro groups is 1. The molecule has 10 heteroatoms. The number of hydrogen-bond acceptors (Lipinski definition) is 6. The van der Waals surface area contributed by atoms with E-state index in [0.29, 0.717) is 0 Å². The van der Waals surface area contributed by atoms with Crippen molar-refractivity contribution >= 4 is 34.7 Å². The minimum Gasteiger partial charge on any atom is -0.437 e. The Kier molecular flexibility index (Phi) is 3.32. The van der Waals surface area contributed by atoms with E-state index in [9.17, 15) is 10.1 Å². The molecule has 0 radical (unpaired) electrons. The topological polar surface area (TPSA) is 95.5 Å². The minimum absolute atomic E-state index is 0.102. The second-order valence-electron chi connectivity index (χ2n) is 3.86. The van der Waals surface area contributed by atoms with E-state index >= 15 is 0 Å². The van der Waals surface area contributed by atoms with Crippen LogP contribution in [-0.2, 0) is 0 Å². The van der Waals surface area contributed by atoms with Crippen molar-refractivity contribution in [2.45, 2.75) is 0 Å². The van der Waals surface area contributed by atoms with E-state index in [1.54, 1.807) is 0 Å². The zero-order valence-corrected chi connectivity index (χ0v) is 11.6. The maximum Gasteiger partial charge on any atom is 0.273 e. The Bertz CT molecular complexity index is 851. The fourth-order valence-corrected chi connectivity index (χ4v) is 1.95. The summed E-state index contributed by atoms with van der Waals surface area (Å²) in [5, 5.41) is 15.1. The lowest BCUT2D eigenvalue weighted by Crippen LogP contribution is -1.99. The van der Waals surface area contributed by atoms with Crippen LogP contribution in [0.5, 0.6) is 11.6 Å². The lowest BCUT2D eigenvalue weighted by Gasteiger charge is -2.08. The molecule has 0 bridgehead atoms. The third-order valence-electron chi connectivity index (χ3n) is 2.53. The molecule has 21 heavy (non-hydrogen) atoms. The van der Waals surface area contributed by atoms with Crippen molar-refractivity contribution in [3.05, 3.63) is 50.9 Å². The van der Waals surface area contributed by atoms with Crippen LogP contribution in [0.15, 0.2) is 30.6 Å². The summed E-state index contributed by atoms with van der Waals surface area (Å²) in [4.78, 5) is 18.1. The lowest BCUT2D eigenvalue weighted by molar-refractivity contribution is -0.384. The number of halogens is 2. The smallest absolute Gasteiger partial charge is 0.273 e. The molecule has 0 saturated carbocycles. The molecule has 2 aromatic heterocycles. The maximum absolute atomic E-state index is 10.8. The number of nitrogens with zero attached hydrogens (tertiary/aromatic N) is 5. The molecule has 0 N–H and O–H groups in total. The quantitative estimate of drug-likeness (QED) is 0.417. The molecule has 0 atom stereocenters. The third-order valence-corrected chi connectivity index (χ3v) is 3.03. The van der Waals surface area contributed by atoms with Gasteiger partial charge in [0.1, 0.15) is 11.5 Å². The first-order chi connectivity index (χ1) is 10.0. The molecular formula is C11H5Cl2N5O3. The predicted molar refractivity (Wildman–Crippen MR) is 74.0 cm³/mol. The second kappa shape index (κ2) is 5.15. The van der Waals surface area contributed by atoms with Gasteiger partial charge in [-0.05, 0) is 6.07 Å². The zero-order chi connectivity index (χ0) is 15.0. The average molecular weight is 326 g/mol. The van der Waals surface area contributed by atoms with Crippen LogP contribution < -0.4 is 4.74 Å². The van der Waals surface area contributed by atoms with Gasteiger partial charge in [0.2, 0.25) is 5.88 Å². The zero-order valence-electron chi connectivity index (χ0n) is 10.1. The first-order valence-electron chi connectivity index (χ1n) is 5.52. The van der Waals surface area contributed by atoms with Gasteiger partial charge in [-0.25, -0.2) is 0 Å². The number of hydrogen-bond donors (Lipinski definition) is 0. The molecule has 0 aliphatic rings. The Hall–Kier alpha value is -2.45. The summed E-state index contributed by atoms with van der Waals surface area (Å²) >= 11 is 11.8. The van der Waals surface area contributed by atoms with E-state index in [0.717, 1.165) is 0 Å². The van der Waals surface area contributed by atoms with E-state index in [4.69, 9.17) is 27.9 Å². The summed E-state index contributed by atoms with van der Waals surface area (Å²) in [6, 6.07) is 5.26. The molecule has 2 heterocycles. The molecule has 3 aromatic rings. The van der Waals surface area contributed by atoms with Gasteiger partial charge in [-0.15, -0.1) is 0 Å². The SMILES string of the molecule is O=[N+]([O-])c1ccc(Cl)c(Oc2cc(Cl)nc3ncnn23)c1. The summed E-state index contributed by atoms with van der Waals surface area (Å²) in [7, 11) is 0. The first-order valence-corrected chi connectivity index (χ1v) is 6.28. The standard InChI is InChI=1S/C11H5Cl2N5O3/c12-7-2-1-6(18(19)20)3-8(7)21-10-4-9(13)16-11-14-5-15-17(10)11/h1-5H. The Morgan fingerprint density at radius 2 is 2.10 bits per heavy atom. The highest BCUT2D eigenvalue weighted by Crippen LogP contribution is 2.33. The van der Waals surface area contributed by atoms with Crippen LogP contribution in [0, 0.1) is 10.1 Å². The number of fused-ring (bicyclic) bond motifs is 1. The maximum atomic E-state index is 10.8. The molecule has 0 aliphatic heterocycles. The van der Waals surface area contributed by atoms with Gasteiger partial charge in [-0.3, -0.25) is 10.1 Å². The van der Waals surface area contributed by atoms with Gasteiger partial charge in [-0.2, -0.15) is 19.6 Å². The molecule has 8 nitrogen and oxygen atoms in total. The van der Waals surface area contributed by atoms with Crippen molar-refractivity contribution in [3.63, 3.8) is 0 Å². The highest BCUT2D eigenvalue weighted by molar-refractivity contribution is 6.32. The predicted octanol–water partition coefficient (Wildman–Crippen LogP) is 3.13. The van der Waals surface area contributed by atoms with Crippen molar-refractivity contribution in [1.82, 2.24) is 19.6 Å². The van der Waals surface area contributed by atoms with Crippen molar-refractivity contribution in [3.8, 4) is 11.6 Å². The largest absolute Gasteiger partial charge is 0.437 e. The summed E-state index contributed by atoms with van der Waals surface area (Å²) in [6.45, 7) is 0. The molecule has 0 fully saturated rings. The van der Waals surface area contributed by atoms with E-state index in [1.165, 1.54) is 35.1 Å². The third kappa shape index (κ3) is 2.58. The Morgan fingerprint density at radius 3 is 2.86 bits per heavy atom. The summed E-state index contributed by atoms with van der Waals surface area (Å²) in [5.41, 5.74) is -0.149. The number of benzene rings is 1. The number of aromatic nitrogens is 4. The van der Waals surface area contributed by atoms with Crippen LogP contribution in [-0.4, -0.2) is 24.5 Å². The van der Waals surface area contributed by atoms with Gasteiger partial charge in [0.25, 0.3) is 11.5 Å². The molecule has 0 unspecified atom stereocenters. The fourth-order valence-electron chi connectivity index (χ4n) is 1.63. The summed E-state index contributed by atoms with van der Waals surface area (Å²) in [5.74, 6) is 0.522. The van der Waals surface area contributed by atoms with Crippen LogP contribution in [0.4, 0.5) is 5.69 Å². The van der Waals surface area contributed by atoms with Crippen LogP contribution in [0.3, 0.4) is 0 Å². The highest BCUT2D eigenvalue weighted by atomic mass is 35.5. The second-order valence-corrected chi connectivity index (χ2v) is 4.66. The van der Waals surface area contributed by atoms with Crippen LogP contribution in [0.25, 0.3) is 5.78 Å². The monoisotopic (exact) mass is 325 g/mol. The molecule has 0 spiro atoms.